The van der Waals surface area contributed by atoms with Gasteiger partial charge in [-0.1, -0.05) is 4.52 Å². The molecule has 0 spiro atoms. The Balaban J connectivity index is 2.86. The van der Waals surface area contributed by atoms with Gasteiger partial charge in [0.25, 0.3) is 0 Å². The minimum atomic E-state index is -0.0121. The average Bonchev–Trinajstić information content (AvgIpc) is 2.53. The molecule has 0 unspecified atom stereocenters. The second-order valence-corrected chi connectivity index (χ2v) is 3.28. The minimum absolute atomic E-state index is 0.0121. The summed E-state index contributed by atoms with van der Waals surface area (Å²) < 4.78 is 5.36. The van der Waals surface area contributed by atoms with Gasteiger partial charge in [0, 0.05) is 16.8 Å². The molecular formula is C9H12N3O+. The first-order chi connectivity index (χ1) is 6.20. The van der Waals surface area contributed by atoms with Crippen LogP contribution in [0.2, 0.25) is 0 Å². The monoisotopic (exact) mass is 178 g/mol. The lowest BCUT2D eigenvalue weighted by molar-refractivity contribution is -0.711. The summed E-state index contributed by atoms with van der Waals surface area (Å²) in [5, 5.41) is 0. The molecule has 0 amide bonds. The van der Waals surface area contributed by atoms with Crippen LogP contribution in [0, 0.1) is 0 Å². The van der Waals surface area contributed by atoms with Crippen molar-refractivity contribution in [3.8, 4) is 0 Å². The summed E-state index contributed by atoms with van der Waals surface area (Å²) in [5.41, 5.74) is -0.0121. The fourth-order valence-electron chi connectivity index (χ4n) is 1.39. The molecule has 0 fully saturated rings. The zero-order chi connectivity index (χ0) is 9.42. The summed E-state index contributed by atoms with van der Waals surface area (Å²) in [7, 11) is 0. The molecule has 0 saturated heterocycles. The molecule has 2 heterocycles. The molecule has 0 bridgehead atoms. The van der Waals surface area contributed by atoms with Gasteiger partial charge in [-0.2, -0.15) is 0 Å². The van der Waals surface area contributed by atoms with Crippen LogP contribution in [-0.2, 0) is 0 Å². The minimum Gasteiger partial charge on any atom is -0.263 e. The highest BCUT2D eigenvalue weighted by atomic mass is 16.1. The topological polar surface area (TPSA) is 30.5 Å². The van der Waals surface area contributed by atoms with Crippen LogP contribution in [0.3, 0.4) is 0 Å². The third-order valence-electron chi connectivity index (χ3n) is 2.03. The van der Waals surface area contributed by atoms with Crippen molar-refractivity contribution >= 4 is 0 Å². The highest BCUT2D eigenvalue weighted by molar-refractivity contribution is 4.82. The smallest absolute Gasteiger partial charge is 0.263 e. The molecular weight excluding hydrogens is 166 g/mol. The summed E-state index contributed by atoms with van der Waals surface area (Å²) >= 11 is 0. The van der Waals surface area contributed by atoms with Crippen molar-refractivity contribution in [3.63, 3.8) is 0 Å². The highest BCUT2D eigenvalue weighted by Gasteiger charge is 2.10. The van der Waals surface area contributed by atoms with E-state index < -0.39 is 0 Å². The van der Waals surface area contributed by atoms with Gasteiger partial charge in [-0.25, -0.2) is 0 Å². The molecule has 2 aromatic heterocycles. The molecule has 4 heteroatoms. The van der Waals surface area contributed by atoms with E-state index in [2.05, 4.69) is 13.8 Å². The Morgan fingerprint density at radius 1 is 1.38 bits per heavy atom. The Bertz CT molecular complexity index is 481. The Labute approximate surface area is 75.6 Å². The van der Waals surface area contributed by atoms with Gasteiger partial charge in [-0.3, -0.25) is 4.79 Å². The normalized spacial score (nSPS) is 11.3. The van der Waals surface area contributed by atoms with Crippen LogP contribution in [0.4, 0.5) is 0 Å². The van der Waals surface area contributed by atoms with E-state index in [9.17, 15) is 4.79 Å². The first-order valence-corrected chi connectivity index (χ1v) is 4.30. The van der Waals surface area contributed by atoms with Crippen molar-refractivity contribution in [2.75, 3.05) is 0 Å². The van der Waals surface area contributed by atoms with Gasteiger partial charge in [-0.05, 0) is 13.8 Å². The van der Waals surface area contributed by atoms with E-state index in [1.807, 2.05) is 16.9 Å². The van der Waals surface area contributed by atoms with E-state index in [4.69, 9.17) is 0 Å². The van der Waals surface area contributed by atoms with Gasteiger partial charge in [0.2, 0.25) is 6.20 Å². The summed E-state index contributed by atoms with van der Waals surface area (Å²) in [5.74, 6) is 0. The lowest BCUT2D eigenvalue weighted by Gasteiger charge is -2.03. The Hall–Kier alpha value is -1.58. The molecule has 2 aromatic rings. The van der Waals surface area contributed by atoms with Gasteiger partial charge >= 0.3 is 5.56 Å². The van der Waals surface area contributed by atoms with Crippen molar-refractivity contribution in [2.24, 2.45) is 0 Å². The highest BCUT2D eigenvalue weighted by Crippen LogP contribution is 1.96. The molecule has 13 heavy (non-hydrogen) atoms. The number of rotatable bonds is 1. The Kier molecular flexibility index (Phi) is 1.69. The first kappa shape index (κ1) is 8.04. The maximum atomic E-state index is 11.3. The Morgan fingerprint density at radius 2 is 2.15 bits per heavy atom. The van der Waals surface area contributed by atoms with Crippen molar-refractivity contribution in [2.45, 2.75) is 19.9 Å². The number of hydrogen-bond donors (Lipinski definition) is 0. The van der Waals surface area contributed by atoms with Crippen molar-refractivity contribution in [1.82, 2.24) is 9.20 Å². The molecule has 0 radical (unpaired) electrons. The van der Waals surface area contributed by atoms with Crippen LogP contribution in [0.25, 0.3) is 0 Å². The fraction of sp³-hybridized carbons (Fsp3) is 0.333. The molecule has 0 N–H and O–H groups in total. The quantitative estimate of drug-likeness (QED) is 0.576. The second-order valence-electron chi connectivity index (χ2n) is 3.28. The molecule has 0 aliphatic heterocycles. The van der Waals surface area contributed by atoms with E-state index in [1.165, 1.54) is 0 Å². The lowest BCUT2D eigenvalue weighted by Crippen LogP contribution is -2.46. The lowest BCUT2D eigenvalue weighted by atomic mass is 10.4. The van der Waals surface area contributed by atoms with Crippen LogP contribution in [-0.4, -0.2) is 9.20 Å². The summed E-state index contributed by atoms with van der Waals surface area (Å²) in [6, 6.07) is 3.75. The fourth-order valence-corrected chi connectivity index (χ4v) is 1.39. The van der Waals surface area contributed by atoms with Gasteiger partial charge < -0.3 is 0 Å². The maximum absolute atomic E-state index is 11.3. The predicted octanol–water partition coefficient (Wildman–Crippen LogP) is 0.267. The third-order valence-corrected chi connectivity index (χ3v) is 2.03. The average molecular weight is 178 g/mol. The number of aromatic nitrogens is 3. The second kappa shape index (κ2) is 2.73. The predicted molar refractivity (Wildman–Crippen MR) is 47.7 cm³/mol. The first-order valence-electron chi connectivity index (χ1n) is 4.30. The molecule has 0 saturated carbocycles. The van der Waals surface area contributed by atoms with E-state index >= 15 is 0 Å². The van der Waals surface area contributed by atoms with Crippen LogP contribution in [0.1, 0.15) is 19.9 Å². The molecule has 4 nitrogen and oxygen atoms in total. The molecule has 0 aromatic carbocycles. The standard InChI is InChI=1S/C9H12N3O/c1-8(2)10-7-4-9(13)11-5-3-6-12(10)11/h3-8H,1-2H3/q+1. The van der Waals surface area contributed by atoms with Crippen LogP contribution >= 0.6 is 0 Å². The molecule has 0 aliphatic carbocycles. The SMILES string of the molecule is CC(C)n1ccc(=O)n2ccc[n+]12. The number of nitrogens with zero attached hydrogens (tertiary/aromatic N) is 3. The van der Waals surface area contributed by atoms with Crippen LogP contribution < -0.4 is 10.2 Å². The third kappa shape index (κ3) is 1.14. The van der Waals surface area contributed by atoms with E-state index in [0.29, 0.717) is 6.04 Å². The summed E-state index contributed by atoms with van der Waals surface area (Å²) in [4.78, 5) is 11.3. The van der Waals surface area contributed by atoms with Gasteiger partial charge in [0.15, 0.2) is 0 Å². The molecule has 68 valence electrons. The van der Waals surface area contributed by atoms with Gasteiger partial charge in [-0.15, -0.1) is 4.68 Å². The Morgan fingerprint density at radius 3 is 2.85 bits per heavy atom. The van der Waals surface area contributed by atoms with Crippen LogP contribution in [0.5, 0.6) is 0 Å². The van der Waals surface area contributed by atoms with E-state index in [1.54, 1.807) is 27.6 Å². The molecule has 0 atom stereocenters. The number of fused-ring (bicyclic) bond motifs is 1. The summed E-state index contributed by atoms with van der Waals surface area (Å²) in [6.07, 6.45) is 5.41. The van der Waals surface area contributed by atoms with Crippen LogP contribution in [0.15, 0.2) is 35.5 Å². The summed E-state index contributed by atoms with van der Waals surface area (Å²) in [6.45, 7) is 4.15. The van der Waals surface area contributed by atoms with Gasteiger partial charge in [0.05, 0.1) is 18.4 Å². The zero-order valence-electron chi connectivity index (χ0n) is 7.71. The maximum Gasteiger partial charge on any atom is 0.310 e. The molecule has 0 aliphatic rings. The largest absolute Gasteiger partial charge is 0.310 e. The van der Waals surface area contributed by atoms with Crippen molar-refractivity contribution in [1.29, 1.82) is 0 Å². The van der Waals surface area contributed by atoms with E-state index in [-0.39, 0.29) is 5.56 Å². The number of hydrogen-bond acceptors (Lipinski definition) is 1. The van der Waals surface area contributed by atoms with Gasteiger partial charge in [0.1, 0.15) is 0 Å². The molecule has 2 rings (SSSR count). The van der Waals surface area contributed by atoms with Crippen molar-refractivity contribution in [3.05, 3.63) is 41.1 Å². The zero-order valence-corrected chi connectivity index (χ0v) is 7.71. The van der Waals surface area contributed by atoms with Crippen molar-refractivity contribution < 1.29 is 4.63 Å². The van der Waals surface area contributed by atoms with E-state index in [0.717, 1.165) is 0 Å².